The highest BCUT2D eigenvalue weighted by atomic mass is 15.2. The van der Waals surface area contributed by atoms with Gasteiger partial charge in [-0.1, -0.05) is 6.92 Å². The molecule has 0 aromatic carbocycles. The van der Waals surface area contributed by atoms with Crippen LogP contribution in [0.3, 0.4) is 0 Å². The molecule has 1 unspecified atom stereocenters. The number of nitrogens with one attached hydrogen (secondary N) is 1. The zero-order chi connectivity index (χ0) is 12.7. The topological polar surface area (TPSA) is 64.8 Å². The lowest BCUT2D eigenvalue weighted by atomic mass is 10.2. The van der Waals surface area contributed by atoms with Gasteiger partial charge in [0.25, 0.3) is 0 Å². The van der Waals surface area contributed by atoms with E-state index in [1.54, 1.807) is 6.33 Å². The van der Waals surface area contributed by atoms with E-state index >= 15 is 0 Å². The van der Waals surface area contributed by atoms with Gasteiger partial charge in [-0.25, -0.2) is 9.97 Å². The average molecular weight is 233 g/mol. The molecule has 0 spiro atoms. The Balaban J connectivity index is 2.68. The molecule has 0 aliphatic heterocycles. The van der Waals surface area contributed by atoms with Crippen LogP contribution in [0.15, 0.2) is 12.4 Å². The molecule has 0 saturated carbocycles. The van der Waals surface area contributed by atoms with Gasteiger partial charge < -0.3 is 10.2 Å². The second-order valence-electron chi connectivity index (χ2n) is 4.04. The Morgan fingerprint density at radius 2 is 2.29 bits per heavy atom. The summed E-state index contributed by atoms with van der Waals surface area (Å²) < 4.78 is 0. The minimum Gasteiger partial charge on any atom is -0.367 e. The molecule has 0 saturated heterocycles. The van der Waals surface area contributed by atoms with Crippen molar-refractivity contribution in [1.82, 2.24) is 9.97 Å². The van der Waals surface area contributed by atoms with Gasteiger partial charge in [0.05, 0.1) is 12.5 Å². The molecule has 0 amide bonds. The van der Waals surface area contributed by atoms with Crippen molar-refractivity contribution in [3.8, 4) is 6.07 Å². The van der Waals surface area contributed by atoms with Crippen LogP contribution in [0.1, 0.15) is 26.7 Å². The van der Waals surface area contributed by atoms with E-state index in [0.717, 1.165) is 18.1 Å². The number of hydrogen-bond acceptors (Lipinski definition) is 5. The Morgan fingerprint density at radius 1 is 1.53 bits per heavy atom. The molecule has 5 heteroatoms. The molecule has 1 atom stereocenters. The maximum atomic E-state index is 8.55. The first-order valence-electron chi connectivity index (χ1n) is 5.84. The van der Waals surface area contributed by atoms with E-state index in [1.165, 1.54) is 0 Å². The highest BCUT2D eigenvalue weighted by molar-refractivity contribution is 5.48. The van der Waals surface area contributed by atoms with Gasteiger partial charge in [-0.3, -0.25) is 0 Å². The molecule has 0 radical (unpaired) electrons. The second-order valence-corrected chi connectivity index (χ2v) is 4.04. The molecule has 0 fully saturated rings. The summed E-state index contributed by atoms with van der Waals surface area (Å²) in [6, 6.07) is 4.42. The normalized spacial score (nSPS) is 11.6. The lowest BCUT2D eigenvalue weighted by Gasteiger charge is -2.18. The van der Waals surface area contributed by atoms with Crippen LogP contribution in [-0.4, -0.2) is 29.6 Å². The van der Waals surface area contributed by atoms with E-state index in [-0.39, 0.29) is 0 Å². The van der Waals surface area contributed by atoms with Crippen LogP contribution in [0, 0.1) is 11.3 Å². The lowest BCUT2D eigenvalue weighted by molar-refractivity contribution is 0.757. The van der Waals surface area contributed by atoms with E-state index in [0.29, 0.717) is 19.0 Å². The first kappa shape index (κ1) is 13.2. The highest BCUT2D eigenvalue weighted by Crippen LogP contribution is 2.13. The monoisotopic (exact) mass is 233 g/mol. The standard InChI is InChI=1S/C12H19N5/c1-4-10(2)16-11-8-12(15-9-14-11)17(3)7-5-6-13/h8-10H,4-5,7H2,1-3H3,(H,14,15,16). The van der Waals surface area contributed by atoms with Crippen molar-refractivity contribution in [2.75, 3.05) is 23.8 Å². The van der Waals surface area contributed by atoms with Gasteiger partial charge in [0.1, 0.15) is 18.0 Å². The summed E-state index contributed by atoms with van der Waals surface area (Å²) in [7, 11) is 1.92. The fourth-order valence-corrected chi connectivity index (χ4v) is 1.32. The number of nitrogens with zero attached hydrogens (tertiary/aromatic N) is 4. The quantitative estimate of drug-likeness (QED) is 0.814. The van der Waals surface area contributed by atoms with Crippen molar-refractivity contribution in [3.05, 3.63) is 12.4 Å². The Hall–Kier alpha value is -1.83. The van der Waals surface area contributed by atoms with Gasteiger partial charge in [-0.15, -0.1) is 0 Å². The van der Waals surface area contributed by atoms with E-state index in [9.17, 15) is 0 Å². The van der Waals surface area contributed by atoms with E-state index in [1.807, 2.05) is 18.0 Å². The fraction of sp³-hybridized carbons (Fsp3) is 0.583. The first-order chi connectivity index (χ1) is 8.17. The average Bonchev–Trinajstić information content (AvgIpc) is 2.36. The summed E-state index contributed by atoms with van der Waals surface area (Å²) in [6.45, 7) is 4.91. The van der Waals surface area contributed by atoms with Crippen molar-refractivity contribution < 1.29 is 0 Å². The third-order valence-corrected chi connectivity index (χ3v) is 2.61. The third-order valence-electron chi connectivity index (χ3n) is 2.61. The van der Waals surface area contributed by atoms with Crippen LogP contribution in [-0.2, 0) is 0 Å². The van der Waals surface area contributed by atoms with Crippen LogP contribution >= 0.6 is 0 Å². The number of aromatic nitrogens is 2. The van der Waals surface area contributed by atoms with Gasteiger partial charge in [0.2, 0.25) is 0 Å². The summed E-state index contributed by atoms with van der Waals surface area (Å²) in [5.41, 5.74) is 0. The Morgan fingerprint density at radius 3 is 2.94 bits per heavy atom. The molecule has 0 aliphatic carbocycles. The lowest BCUT2D eigenvalue weighted by Crippen LogP contribution is -2.20. The minimum absolute atomic E-state index is 0.391. The van der Waals surface area contributed by atoms with Crippen molar-refractivity contribution >= 4 is 11.6 Å². The molecule has 1 heterocycles. The Bertz CT molecular complexity index is 385. The summed E-state index contributed by atoms with van der Waals surface area (Å²) in [6.07, 6.45) is 3.08. The summed E-state index contributed by atoms with van der Waals surface area (Å²) >= 11 is 0. The summed E-state index contributed by atoms with van der Waals surface area (Å²) in [5, 5.41) is 11.8. The number of anilines is 2. The molecule has 0 bridgehead atoms. The molecule has 1 aromatic rings. The number of nitriles is 1. The number of hydrogen-bond donors (Lipinski definition) is 1. The fourth-order valence-electron chi connectivity index (χ4n) is 1.32. The predicted octanol–water partition coefficient (Wildman–Crippen LogP) is 2.04. The van der Waals surface area contributed by atoms with Crippen LogP contribution in [0.5, 0.6) is 0 Å². The zero-order valence-electron chi connectivity index (χ0n) is 10.6. The van der Waals surface area contributed by atoms with Crippen LogP contribution in [0.2, 0.25) is 0 Å². The Kier molecular flexibility index (Phi) is 5.21. The minimum atomic E-state index is 0.391. The number of rotatable bonds is 6. The molecule has 92 valence electrons. The molecule has 1 aromatic heterocycles. The summed E-state index contributed by atoms with van der Waals surface area (Å²) in [5.74, 6) is 1.66. The largest absolute Gasteiger partial charge is 0.367 e. The van der Waals surface area contributed by atoms with E-state index in [2.05, 4.69) is 35.2 Å². The van der Waals surface area contributed by atoms with Gasteiger partial charge in [0.15, 0.2) is 0 Å². The molecule has 1 rings (SSSR count). The third kappa shape index (κ3) is 4.27. The van der Waals surface area contributed by atoms with E-state index in [4.69, 9.17) is 5.26 Å². The molecule has 5 nitrogen and oxygen atoms in total. The van der Waals surface area contributed by atoms with Crippen molar-refractivity contribution in [1.29, 1.82) is 5.26 Å². The Labute approximate surface area is 102 Å². The predicted molar refractivity (Wildman–Crippen MR) is 68.9 cm³/mol. The maximum absolute atomic E-state index is 8.55. The molecular weight excluding hydrogens is 214 g/mol. The first-order valence-corrected chi connectivity index (χ1v) is 5.84. The molecule has 17 heavy (non-hydrogen) atoms. The maximum Gasteiger partial charge on any atom is 0.133 e. The van der Waals surface area contributed by atoms with Gasteiger partial charge in [0, 0.05) is 25.7 Å². The molecule has 1 N–H and O–H groups in total. The van der Waals surface area contributed by atoms with Crippen LogP contribution < -0.4 is 10.2 Å². The molecule has 0 aliphatic rings. The van der Waals surface area contributed by atoms with Crippen molar-refractivity contribution in [3.63, 3.8) is 0 Å². The smallest absolute Gasteiger partial charge is 0.133 e. The van der Waals surface area contributed by atoms with Gasteiger partial charge in [-0.05, 0) is 13.3 Å². The SMILES string of the molecule is CCC(C)Nc1cc(N(C)CCC#N)ncn1. The zero-order valence-corrected chi connectivity index (χ0v) is 10.6. The van der Waals surface area contributed by atoms with Crippen LogP contribution in [0.25, 0.3) is 0 Å². The van der Waals surface area contributed by atoms with Crippen LogP contribution in [0.4, 0.5) is 11.6 Å². The second kappa shape index (κ2) is 6.69. The highest BCUT2D eigenvalue weighted by Gasteiger charge is 2.05. The summed E-state index contributed by atoms with van der Waals surface area (Å²) in [4.78, 5) is 10.3. The van der Waals surface area contributed by atoms with Gasteiger partial charge in [-0.2, -0.15) is 5.26 Å². The van der Waals surface area contributed by atoms with Crippen molar-refractivity contribution in [2.24, 2.45) is 0 Å². The molecular formula is C12H19N5. The van der Waals surface area contributed by atoms with E-state index < -0.39 is 0 Å². The van der Waals surface area contributed by atoms with Crippen molar-refractivity contribution in [2.45, 2.75) is 32.7 Å². The van der Waals surface area contributed by atoms with Gasteiger partial charge >= 0.3 is 0 Å².